The summed E-state index contributed by atoms with van der Waals surface area (Å²) >= 11 is 0. The lowest BCUT2D eigenvalue weighted by Crippen LogP contribution is -2.62. The Balaban J connectivity index is 2.29. The Hall–Kier alpha value is -1.52. The Labute approximate surface area is 84.3 Å². The third kappa shape index (κ3) is 1.48. The number of benzene rings is 1. The molecule has 15 heavy (non-hydrogen) atoms. The van der Waals surface area contributed by atoms with E-state index >= 15 is 0 Å². The van der Waals surface area contributed by atoms with Crippen LogP contribution in [0.4, 0.5) is 18.9 Å². The third-order valence-corrected chi connectivity index (χ3v) is 2.34. The van der Waals surface area contributed by atoms with Crippen LogP contribution in [0, 0.1) is 0 Å². The number of carbonyl (C=O) groups excluding carboxylic acids is 1. The Morgan fingerprint density at radius 2 is 2.00 bits per heavy atom. The lowest BCUT2D eigenvalue weighted by atomic mass is 10.1. The first kappa shape index (κ1) is 10.0. The molecule has 0 spiro atoms. The number of hydrogen-bond donors (Lipinski definition) is 0. The van der Waals surface area contributed by atoms with Crippen LogP contribution in [-0.4, -0.2) is 18.4 Å². The zero-order chi connectivity index (χ0) is 11.1. The molecule has 1 heterocycles. The molecule has 0 aliphatic carbocycles. The van der Waals surface area contributed by atoms with Gasteiger partial charge in [-0.05, 0) is 6.07 Å². The predicted octanol–water partition coefficient (Wildman–Crippen LogP) is 2.14. The van der Waals surface area contributed by atoms with Crippen molar-refractivity contribution in [2.45, 2.75) is 12.6 Å². The Morgan fingerprint density at radius 3 is 2.53 bits per heavy atom. The fourth-order valence-electron chi connectivity index (χ4n) is 1.53. The topological polar surface area (TPSA) is 20.3 Å². The lowest BCUT2D eigenvalue weighted by Gasteiger charge is -2.38. The Morgan fingerprint density at radius 1 is 1.33 bits per heavy atom. The molecule has 1 saturated heterocycles. The van der Waals surface area contributed by atoms with Crippen molar-refractivity contribution in [1.29, 1.82) is 0 Å². The van der Waals surface area contributed by atoms with Gasteiger partial charge in [-0.25, -0.2) is 4.39 Å². The average molecular weight is 215 g/mol. The maximum Gasteiger partial charge on any atom is 0.342 e. The molecule has 0 N–H and O–H groups in total. The maximum atomic E-state index is 12.6. The van der Waals surface area contributed by atoms with Crippen LogP contribution in [0.5, 0.6) is 0 Å². The van der Waals surface area contributed by atoms with E-state index in [-0.39, 0.29) is 11.3 Å². The molecule has 1 aromatic rings. The van der Waals surface area contributed by atoms with Crippen molar-refractivity contribution in [2.75, 3.05) is 11.4 Å². The van der Waals surface area contributed by atoms with Gasteiger partial charge in [0.1, 0.15) is 6.67 Å². The van der Waals surface area contributed by atoms with Crippen LogP contribution in [0.3, 0.4) is 0 Å². The van der Waals surface area contributed by atoms with Crippen molar-refractivity contribution < 1.29 is 18.0 Å². The van der Waals surface area contributed by atoms with Gasteiger partial charge in [-0.15, -0.1) is 0 Å². The van der Waals surface area contributed by atoms with Gasteiger partial charge in [-0.3, -0.25) is 4.79 Å². The number of halogens is 3. The minimum Gasteiger partial charge on any atom is -0.300 e. The smallest absolute Gasteiger partial charge is 0.300 e. The van der Waals surface area contributed by atoms with E-state index in [0.717, 1.165) is 4.90 Å². The second kappa shape index (κ2) is 3.25. The highest BCUT2D eigenvalue weighted by atomic mass is 19.3. The maximum absolute atomic E-state index is 12.6. The summed E-state index contributed by atoms with van der Waals surface area (Å²) < 4.78 is 37.7. The highest BCUT2D eigenvalue weighted by Gasteiger charge is 2.55. The molecule has 1 aliphatic rings. The number of para-hydroxylation sites is 1. The van der Waals surface area contributed by atoms with Crippen LogP contribution in [0.1, 0.15) is 5.56 Å². The first-order valence-electron chi connectivity index (χ1n) is 4.40. The van der Waals surface area contributed by atoms with E-state index in [1.165, 1.54) is 12.1 Å². The van der Waals surface area contributed by atoms with Crippen LogP contribution >= 0.6 is 0 Å². The second-order valence-corrected chi connectivity index (χ2v) is 3.36. The van der Waals surface area contributed by atoms with E-state index in [1.807, 2.05) is 0 Å². The average Bonchev–Trinajstić information content (AvgIpc) is 2.25. The van der Waals surface area contributed by atoms with Crippen LogP contribution < -0.4 is 4.90 Å². The number of alkyl halides is 3. The standard InChI is InChI=1S/C10H8F3NO/c11-5-7-3-1-2-4-8(7)14-6-10(12,13)9(14)15/h1-4H,5-6H2. The summed E-state index contributed by atoms with van der Waals surface area (Å²) in [6, 6.07) is 6.11. The largest absolute Gasteiger partial charge is 0.342 e. The minimum atomic E-state index is -3.29. The first-order chi connectivity index (χ1) is 7.06. The Kier molecular flexibility index (Phi) is 2.17. The van der Waals surface area contributed by atoms with Crippen molar-refractivity contribution >= 4 is 11.6 Å². The molecule has 2 rings (SSSR count). The first-order valence-corrected chi connectivity index (χ1v) is 4.40. The summed E-state index contributed by atoms with van der Waals surface area (Å²) in [6.45, 7) is -1.44. The van der Waals surface area contributed by atoms with Gasteiger partial charge in [0, 0.05) is 11.3 Å². The van der Waals surface area contributed by atoms with Crippen molar-refractivity contribution in [1.82, 2.24) is 0 Å². The van der Waals surface area contributed by atoms with Gasteiger partial charge in [0.15, 0.2) is 0 Å². The third-order valence-electron chi connectivity index (χ3n) is 2.34. The lowest BCUT2D eigenvalue weighted by molar-refractivity contribution is -0.152. The molecule has 2 nitrogen and oxygen atoms in total. The summed E-state index contributed by atoms with van der Waals surface area (Å²) in [5.74, 6) is -4.55. The van der Waals surface area contributed by atoms with E-state index in [4.69, 9.17) is 0 Å². The number of nitrogens with zero attached hydrogens (tertiary/aromatic N) is 1. The molecule has 1 amide bonds. The molecular formula is C10H8F3NO. The highest BCUT2D eigenvalue weighted by molar-refractivity contribution is 6.05. The van der Waals surface area contributed by atoms with E-state index in [9.17, 15) is 18.0 Å². The SMILES string of the molecule is O=C1N(c2ccccc2CF)CC1(F)F. The molecule has 1 aromatic carbocycles. The normalized spacial score (nSPS) is 18.9. The van der Waals surface area contributed by atoms with Crippen LogP contribution in [0.25, 0.3) is 0 Å². The fraction of sp³-hybridized carbons (Fsp3) is 0.300. The van der Waals surface area contributed by atoms with Gasteiger partial charge >= 0.3 is 5.92 Å². The van der Waals surface area contributed by atoms with Gasteiger partial charge in [0.2, 0.25) is 0 Å². The molecule has 0 aromatic heterocycles. The number of β-lactam (4-membered cyclic amide) rings is 1. The summed E-state index contributed by atoms with van der Waals surface area (Å²) in [7, 11) is 0. The van der Waals surface area contributed by atoms with Gasteiger partial charge in [0.05, 0.1) is 6.54 Å². The van der Waals surface area contributed by atoms with Gasteiger partial charge < -0.3 is 4.90 Å². The van der Waals surface area contributed by atoms with Crippen molar-refractivity contribution in [3.05, 3.63) is 29.8 Å². The molecule has 0 atom stereocenters. The number of amides is 1. The van der Waals surface area contributed by atoms with E-state index in [0.29, 0.717) is 0 Å². The Bertz CT molecular complexity index is 405. The van der Waals surface area contributed by atoms with Crippen molar-refractivity contribution in [3.63, 3.8) is 0 Å². The number of carbonyl (C=O) groups is 1. The van der Waals surface area contributed by atoms with E-state index < -0.39 is 25.0 Å². The molecule has 0 radical (unpaired) electrons. The number of rotatable bonds is 2. The molecule has 1 aliphatic heterocycles. The quantitative estimate of drug-likeness (QED) is 0.692. The summed E-state index contributed by atoms with van der Waals surface area (Å²) in [6.07, 6.45) is 0. The van der Waals surface area contributed by atoms with Gasteiger partial charge in [-0.1, -0.05) is 18.2 Å². The summed E-state index contributed by atoms with van der Waals surface area (Å²) in [5.41, 5.74) is 0.484. The summed E-state index contributed by atoms with van der Waals surface area (Å²) in [4.78, 5) is 11.9. The minimum absolute atomic E-state index is 0.232. The molecule has 0 saturated carbocycles. The number of anilines is 1. The summed E-state index contributed by atoms with van der Waals surface area (Å²) in [5, 5.41) is 0. The molecule has 80 valence electrons. The van der Waals surface area contributed by atoms with Crippen molar-refractivity contribution in [3.8, 4) is 0 Å². The van der Waals surface area contributed by atoms with E-state index in [2.05, 4.69) is 0 Å². The second-order valence-electron chi connectivity index (χ2n) is 3.36. The number of hydrogen-bond acceptors (Lipinski definition) is 1. The van der Waals surface area contributed by atoms with E-state index in [1.54, 1.807) is 12.1 Å². The van der Waals surface area contributed by atoms with Gasteiger partial charge in [0.25, 0.3) is 5.91 Å². The van der Waals surface area contributed by atoms with Crippen molar-refractivity contribution in [2.24, 2.45) is 0 Å². The molecule has 1 fully saturated rings. The fourth-order valence-corrected chi connectivity index (χ4v) is 1.53. The molecular weight excluding hydrogens is 207 g/mol. The van der Waals surface area contributed by atoms with Gasteiger partial charge in [-0.2, -0.15) is 8.78 Å². The molecule has 5 heteroatoms. The molecule has 0 bridgehead atoms. The zero-order valence-corrected chi connectivity index (χ0v) is 7.71. The van der Waals surface area contributed by atoms with Crippen LogP contribution in [0.15, 0.2) is 24.3 Å². The zero-order valence-electron chi connectivity index (χ0n) is 7.71. The monoisotopic (exact) mass is 215 g/mol. The molecule has 0 unspecified atom stereocenters. The highest BCUT2D eigenvalue weighted by Crippen LogP contribution is 2.35. The predicted molar refractivity (Wildman–Crippen MR) is 48.6 cm³/mol. The van der Waals surface area contributed by atoms with Crippen LogP contribution in [0.2, 0.25) is 0 Å². The van der Waals surface area contributed by atoms with Crippen LogP contribution in [-0.2, 0) is 11.5 Å².